The second kappa shape index (κ2) is 5.65. The van der Waals surface area contributed by atoms with Crippen LogP contribution in [0.5, 0.6) is 0 Å². The Hall–Kier alpha value is -3.23. The lowest BCUT2D eigenvalue weighted by Crippen LogP contribution is -2.47. The highest BCUT2D eigenvalue weighted by Gasteiger charge is 2.22. The first kappa shape index (κ1) is 15.1. The minimum Gasteiger partial charge on any atom is -0.352 e. The molecule has 5 rings (SSSR count). The number of nitrogens with one attached hydrogen (secondary N) is 1. The van der Waals surface area contributed by atoms with E-state index in [0.717, 1.165) is 60.4 Å². The first-order chi connectivity index (χ1) is 12.7. The Bertz CT molecular complexity index is 1090. The van der Waals surface area contributed by atoms with E-state index in [4.69, 9.17) is 5.10 Å². The number of anilines is 2. The van der Waals surface area contributed by atoms with Crippen molar-refractivity contribution in [2.24, 2.45) is 0 Å². The van der Waals surface area contributed by atoms with E-state index >= 15 is 0 Å². The van der Waals surface area contributed by atoms with Gasteiger partial charge in [-0.05, 0) is 26.0 Å². The molecule has 0 saturated carbocycles. The molecule has 0 atom stereocenters. The average Bonchev–Trinajstić information content (AvgIpc) is 3.26. The van der Waals surface area contributed by atoms with Gasteiger partial charge < -0.3 is 14.8 Å². The summed E-state index contributed by atoms with van der Waals surface area (Å²) >= 11 is 0. The quantitative estimate of drug-likeness (QED) is 0.584. The van der Waals surface area contributed by atoms with Crippen molar-refractivity contribution in [3.8, 4) is 0 Å². The van der Waals surface area contributed by atoms with E-state index in [1.807, 2.05) is 17.5 Å². The molecule has 0 radical (unpaired) electrons. The number of hydrogen-bond donors (Lipinski definition) is 1. The van der Waals surface area contributed by atoms with Gasteiger partial charge >= 0.3 is 0 Å². The van der Waals surface area contributed by atoms with Crippen molar-refractivity contribution in [1.82, 2.24) is 34.5 Å². The van der Waals surface area contributed by atoms with Gasteiger partial charge in [-0.1, -0.05) is 0 Å². The number of aryl methyl sites for hydroxylation is 2. The molecule has 1 saturated heterocycles. The predicted octanol–water partition coefficient (Wildman–Crippen LogP) is 1.34. The molecule has 9 heteroatoms. The number of aromatic nitrogens is 7. The summed E-state index contributed by atoms with van der Waals surface area (Å²) in [5.74, 6) is 1.89. The van der Waals surface area contributed by atoms with E-state index in [1.165, 1.54) is 0 Å². The Balaban J connectivity index is 1.39. The van der Waals surface area contributed by atoms with Crippen LogP contribution in [0.25, 0.3) is 16.8 Å². The number of hydrogen-bond acceptors (Lipinski definition) is 7. The molecule has 0 amide bonds. The van der Waals surface area contributed by atoms with Gasteiger partial charge in [0.25, 0.3) is 0 Å². The van der Waals surface area contributed by atoms with Gasteiger partial charge in [-0.2, -0.15) is 0 Å². The van der Waals surface area contributed by atoms with Crippen molar-refractivity contribution in [2.75, 3.05) is 36.0 Å². The molecular weight excluding hydrogens is 330 g/mol. The Morgan fingerprint density at radius 3 is 2.62 bits per heavy atom. The zero-order chi connectivity index (χ0) is 17.7. The number of aromatic amines is 1. The average molecular weight is 349 g/mol. The van der Waals surface area contributed by atoms with Gasteiger partial charge in [0.05, 0.1) is 17.7 Å². The van der Waals surface area contributed by atoms with Crippen molar-refractivity contribution in [3.63, 3.8) is 0 Å². The second-order valence-corrected chi connectivity index (χ2v) is 6.52. The number of fused-ring (bicyclic) bond motifs is 2. The Labute approximate surface area is 149 Å². The Kier molecular flexibility index (Phi) is 3.27. The van der Waals surface area contributed by atoms with Crippen molar-refractivity contribution < 1.29 is 0 Å². The Morgan fingerprint density at radius 2 is 1.77 bits per heavy atom. The molecular formula is C17H19N9. The third-order valence-corrected chi connectivity index (χ3v) is 5.03. The molecule has 1 N–H and O–H groups in total. The zero-order valence-electron chi connectivity index (χ0n) is 14.7. The molecule has 0 aromatic carbocycles. The summed E-state index contributed by atoms with van der Waals surface area (Å²) in [5.41, 5.74) is 4.60. The maximum Gasteiger partial charge on any atom is 0.182 e. The van der Waals surface area contributed by atoms with Crippen LogP contribution in [0.1, 0.15) is 11.4 Å². The maximum atomic E-state index is 4.78. The highest BCUT2D eigenvalue weighted by atomic mass is 15.4. The zero-order valence-corrected chi connectivity index (χ0v) is 14.7. The second-order valence-electron chi connectivity index (χ2n) is 6.52. The number of H-pyrrole nitrogens is 1. The van der Waals surface area contributed by atoms with Crippen LogP contribution in [0.2, 0.25) is 0 Å². The molecule has 0 aliphatic carbocycles. The van der Waals surface area contributed by atoms with Gasteiger partial charge in [0.2, 0.25) is 0 Å². The maximum absolute atomic E-state index is 4.78. The molecule has 1 aliphatic heterocycles. The molecule has 0 bridgehead atoms. The van der Waals surface area contributed by atoms with Crippen LogP contribution in [0.4, 0.5) is 11.6 Å². The van der Waals surface area contributed by atoms with Gasteiger partial charge in [-0.25, -0.2) is 24.5 Å². The smallest absolute Gasteiger partial charge is 0.182 e. The largest absolute Gasteiger partial charge is 0.352 e. The van der Waals surface area contributed by atoms with Crippen molar-refractivity contribution in [2.45, 2.75) is 13.8 Å². The van der Waals surface area contributed by atoms with Crippen LogP contribution in [0.3, 0.4) is 0 Å². The van der Waals surface area contributed by atoms with E-state index in [-0.39, 0.29) is 0 Å². The normalized spacial score (nSPS) is 15.3. The molecule has 4 aromatic heterocycles. The van der Waals surface area contributed by atoms with Gasteiger partial charge in [-0.3, -0.25) is 0 Å². The van der Waals surface area contributed by atoms with Crippen molar-refractivity contribution in [3.05, 3.63) is 36.2 Å². The number of imidazole rings is 2. The third-order valence-electron chi connectivity index (χ3n) is 5.03. The molecule has 4 aromatic rings. The van der Waals surface area contributed by atoms with Crippen LogP contribution in [0.15, 0.2) is 24.8 Å². The first-order valence-corrected chi connectivity index (χ1v) is 8.67. The predicted molar refractivity (Wildman–Crippen MR) is 98.6 cm³/mol. The van der Waals surface area contributed by atoms with Gasteiger partial charge in [0, 0.05) is 26.2 Å². The number of rotatable bonds is 2. The summed E-state index contributed by atoms with van der Waals surface area (Å²) in [6, 6.07) is 4.09. The minimum absolute atomic E-state index is 0.704. The summed E-state index contributed by atoms with van der Waals surface area (Å²) in [6.07, 6.45) is 3.23. The lowest BCUT2D eigenvalue weighted by atomic mass is 10.3. The Morgan fingerprint density at radius 1 is 0.962 bits per heavy atom. The van der Waals surface area contributed by atoms with Gasteiger partial charge in [0.15, 0.2) is 17.1 Å². The summed E-state index contributed by atoms with van der Waals surface area (Å²) in [7, 11) is 0. The summed E-state index contributed by atoms with van der Waals surface area (Å²) in [4.78, 5) is 25.1. The van der Waals surface area contributed by atoms with E-state index in [0.29, 0.717) is 5.65 Å². The minimum atomic E-state index is 0.704. The van der Waals surface area contributed by atoms with Crippen LogP contribution in [0, 0.1) is 13.8 Å². The number of nitrogens with zero attached hydrogens (tertiary/aromatic N) is 8. The van der Waals surface area contributed by atoms with Crippen LogP contribution < -0.4 is 9.80 Å². The van der Waals surface area contributed by atoms with Crippen molar-refractivity contribution >= 4 is 28.4 Å². The SMILES string of the molecule is Cc1nc2ccc(N3CCN(c4ncnc5nc[nH]c45)CC3)nn2c1C. The highest BCUT2D eigenvalue weighted by molar-refractivity contribution is 5.82. The van der Waals surface area contributed by atoms with E-state index in [9.17, 15) is 0 Å². The van der Waals surface area contributed by atoms with Gasteiger partial charge in [-0.15, -0.1) is 5.10 Å². The first-order valence-electron chi connectivity index (χ1n) is 8.67. The van der Waals surface area contributed by atoms with Gasteiger partial charge in [0.1, 0.15) is 17.7 Å². The van der Waals surface area contributed by atoms with Crippen molar-refractivity contribution in [1.29, 1.82) is 0 Å². The van der Waals surface area contributed by atoms with Crippen LogP contribution in [-0.4, -0.2) is 60.7 Å². The van der Waals surface area contributed by atoms with E-state index < -0.39 is 0 Å². The molecule has 0 spiro atoms. The fourth-order valence-corrected chi connectivity index (χ4v) is 3.45. The molecule has 9 nitrogen and oxygen atoms in total. The van der Waals surface area contributed by atoms with Crippen LogP contribution >= 0.6 is 0 Å². The fourth-order valence-electron chi connectivity index (χ4n) is 3.45. The van der Waals surface area contributed by atoms with Crippen LogP contribution in [-0.2, 0) is 0 Å². The molecule has 0 unspecified atom stereocenters. The molecule has 132 valence electrons. The summed E-state index contributed by atoms with van der Waals surface area (Å²) in [5, 5.41) is 4.78. The molecule has 1 fully saturated rings. The summed E-state index contributed by atoms with van der Waals surface area (Å²) < 4.78 is 1.93. The lowest BCUT2D eigenvalue weighted by molar-refractivity contribution is 0.636. The molecule has 1 aliphatic rings. The monoisotopic (exact) mass is 349 g/mol. The lowest BCUT2D eigenvalue weighted by Gasteiger charge is -2.35. The number of piperazine rings is 1. The fraction of sp³-hybridized carbons (Fsp3) is 0.353. The van der Waals surface area contributed by atoms with E-state index in [1.54, 1.807) is 12.7 Å². The molecule has 26 heavy (non-hydrogen) atoms. The summed E-state index contributed by atoms with van der Waals surface area (Å²) in [6.45, 7) is 7.56. The highest BCUT2D eigenvalue weighted by Crippen LogP contribution is 2.23. The molecule has 5 heterocycles. The topological polar surface area (TPSA) is 91.1 Å². The third kappa shape index (κ3) is 2.27. The van der Waals surface area contributed by atoms with E-state index in [2.05, 4.69) is 47.7 Å². The standard InChI is InChI=1S/C17H19N9/c1-11-12(2)26-13(22-11)3-4-14(23-26)24-5-7-25(8-6-24)17-15-16(19-9-18-15)20-10-21-17/h3-4,9-10H,5-8H2,1-2H3,(H,18,19,20,21).